The van der Waals surface area contributed by atoms with Crippen LogP contribution >= 0.6 is 0 Å². The first kappa shape index (κ1) is 75.0. The number of carbonyl (C=O) groups excluding carboxylic acids is 4. The smallest absolute Gasteiger partial charge is 0.307 e. The molecule has 109 heavy (non-hydrogen) atoms. The van der Waals surface area contributed by atoms with E-state index >= 15 is 0 Å². The average Bonchev–Trinajstić information content (AvgIpc) is 1.62. The van der Waals surface area contributed by atoms with Gasteiger partial charge >= 0.3 is 23.9 Å². The van der Waals surface area contributed by atoms with Crippen molar-refractivity contribution in [1.29, 1.82) is 0 Å². The standard InChI is InChI=1S/C90H90O17Si2/c1-95-63-35-27-59(28-36-63)89(60-29-37-64(96-2)38-30-60)49-47-75-83-81(67-19-9-13-23-71(67)85(75)105-89)69-21-11-15-25-73(69)87(83)103-79(93)45-43-77(91)101-55-53-99-51-17-57-108(5,6)107-109(7,8)58-18-52-100-54-56-102-78(92)44-46-80(94)104-88-74-26-16-12-22-70(74)82-68-20-10-14-24-72(68)86-76(84(82)88)48-50-90(106-86,61-31-39-65(97-3)40-32-61)62-33-41-66(98-4)42-34-62/h9-16,19-42,47-50,87-88H,17-18,43-46,51-58H2,1-8H3. The van der Waals surface area contributed by atoms with Crippen molar-refractivity contribution >= 4 is 74.2 Å². The van der Waals surface area contributed by atoms with Crippen LogP contribution in [0.3, 0.4) is 0 Å². The Bertz CT molecular complexity index is 4660. The molecule has 10 aromatic rings. The molecule has 2 atom stereocenters. The summed E-state index contributed by atoms with van der Waals surface area (Å²) in [4.78, 5) is 54.0. The highest BCUT2D eigenvalue weighted by molar-refractivity contribution is 6.84. The van der Waals surface area contributed by atoms with E-state index in [0.29, 0.717) is 24.7 Å². The number of hydrogen-bond donors (Lipinski definition) is 0. The first-order valence-electron chi connectivity index (χ1n) is 37.2. The van der Waals surface area contributed by atoms with Gasteiger partial charge in [-0.1, -0.05) is 158 Å². The number of esters is 4. The average molecular weight is 1500 g/mol. The Balaban J connectivity index is 0.502. The first-order valence-corrected chi connectivity index (χ1v) is 43.4. The first-order chi connectivity index (χ1) is 52.9. The Morgan fingerprint density at radius 3 is 1.05 bits per heavy atom. The van der Waals surface area contributed by atoms with Gasteiger partial charge < -0.3 is 61.0 Å². The van der Waals surface area contributed by atoms with E-state index in [0.717, 1.165) is 147 Å². The molecule has 0 saturated heterocycles. The number of fused-ring (bicyclic) bond motifs is 16. The van der Waals surface area contributed by atoms with E-state index in [2.05, 4.69) is 86.9 Å². The van der Waals surface area contributed by atoms with Gasteiger partial charge in [-0.05, 0) is 145 Å². The second kappa shape index (κ2) is 32.6. The number of carbonyl (C=O) groups is 4. The summed E-state index contributed by atoms with van der Waals surface area (Å²) in [5, 5.41) is 3.74. The number of ether oxygens (including phenoxy) is 12. The van der Waals surface area contributed by atoms with Crippen LogP contribution in [0.25, 0.3) is 56.0 Å². The molecule has 2 aliphatic heterocycles. The zero-order chi connectivity index (χ0) is 75.9. The maximum atomic E-state index is 13.9. The van der Waals surface area contributed by atoms with Gasteiger partial charge in [0, 0.05) is 79.6 Å². The maximum absolute atomic E-state index is 13.9. The molecule has 2 aliphatic carbocycles. The van der Waals surface area contributed by atoms with Crippen molar-refractivity contribution in [2.75, 3.05) is 68.1 Å². The molecule has 0 saturated carbocycles. The minimum atomic E-state index is -2.06. The molecule has 560 valence electrons. The Morgan fingerprint density at radius 1 is 0.376 bits per heavy atom. The van der Waals surface area contributed by atoms with Crippen molar-refractivity contribution in [2.45, 2.75) is 100 Å². The molecule has 4 aliphatic rings. The van der Waals surface area contributed by atoms with E-state index in [-0.39, 0.29) is 52.1 Å². The summed E-state index contributed by atoms with van der Waals surface area (Å²) in [6.45, 7) is 10.5. The van der Waals surface area contributed by atoms with Crippen LogP contribution in [0.2, 0.25) is 38.3 Å². The predicted molar refractivity (Wildman–Crippen MR) is 424 cm³/mol. The molecule has 0 fully saturated rings. The summed E-state index contributed by atoms with van der Waals surface area (Å²) in [5.74, 6) is 2.10. The monoisotopic (exact) mass is 1500 g/mol. The van der Waals surface area contributed by atoms with Crippen LogP contribution in [-0.2, 0) is 62.9 Å². The number of methoxy groups -OCH3 is 4. The highest BCUT2D eigenvalue weighted by Crippen LogP contribution is 2.59. The van der Waals surface area contributed by atoms with Crippen molar-refractivity contribution in [3.8, 4) is 56.8 Å². The fourth-order valence-corrected chi connectivity index (χ4v) is 24.5. The molecule has 14 rings (SSSR count). The van der Waals surface area contributed by atoms with Crippen molar-refractivity contribution in [3.63, 3.8) is 0 Å². The van der Waals surface area contributed by atoms with Crippen LogP contribution in [0.1, 0.15) is 106 Å². The second-order valence-electron chi connectivity index (χ2n) is 28.8. The molecule has 2 heterocycles. The molecular formula is C90H90O17Si2. The lowest BCUT2D eigenvalue weighted by Gasteiger charge is -2.37. The van der Waals surface area contributed by atoms with Gasteiger partial charge in [0.2, 0.25) is 0 Å². The molecule has 0 amide bonds. The van der Waals surface area contributed by atoms with Crippen molar-refractivity contribution in [1.82, 2.24) is 0 Å². The van der Waals surface area contributed by atoms with Gasteiger partial charge in [0.05, 0.1) is 67.3 Å². The van der Waals surface area contributed by atoms with Crippen LogP contribution in [-0.4, -0.2) is 109 Å². The molecule has 0 radical (unpaired) electrons. The van der Waals surface area contributed by atoms with E-state index in [9.17, 15) is 19.2 Å². The minimum absolute atomic E-state index is 0.0567. The molecule has 0 bridgehead atoms. The molecular weight excluding hydrogens is 1410 g/mol. The van der Waals surface area contributed by atoms with Crippen LogP contribution in [0.4, 0.5) is 0 Å². The quantitative estimate of drug-likeness (QED) is 0.0167. The summed E-state index contributed by atoms with van der Waals surface area (Å²) >= 11 is 0. The van der Waals surface area contributed by atoms with Gasteiger partial charge in [-0.25, -0.2) is 0 Å². The third kappa shape index (κ3) is 15.7. The summed E-state index contributed by atoms with van der Waals surface area (Å²) in [6, 6.07) is 65.5. The van der Waals surface area contributed by atoms with E-state index in [1.54, 1.807) is 28.4 Å². The molecule has 19 heteroatoms. The second-order valence-corrected chi connectivity index (χ2v) is 37.7. The number of benzene rings is 10. The molecule has 10 aromatic carbocycles. The van der Waals surface area contributed by atoms with E-state index < -0.39 is 63.9 Å². The lowest BCUT2D eigenvalue weighted by Crippen LogP contribution is -2.44. The third-order valence-electron chi connectivity index (χ3n) is 20.8. The zero-order valence-electron chi connectivity index (χ0n) is 62.8. The predicted octanol–water partition coefficient (Wildman–Crippen LogP) is 18.5. The van der Waals surface area contributed by atoms with Gasteiger partial charge in [0.15, 0.2) is 40.0 Å². The van der Waals surface area contributed by atoms with Crippen molar-refractivity contribution < 1.29 is 80.1 Å². The summed E-state index contributed by atoms with van der Waals surface area (Å²) in [5.41, 5.74) is 10.3. The Kier molecular flexibility index (Phi) is 22.4. The van der Waals surface area contributed by atoms with Gasteiger partial charge in [-0.15, -0.1) is 0 Å². The molecule has 0 spiro atoms. The van der Waals surface area contributed by atoms with Crippen LogP contribution in [0, 0.1) is 0 Å². The number of hydrogen-bond acceptors (Lipinski definition) is 17. The molecule has 17 nitrogen and oxygen atoms in total. The van der Waals surface area contributed by atoms with Crippen LogP contribution < -0.4 is 28.4 Å². The van der Waals surface area contributed by atoms with Crippen LogP contribution in [0.5, 0.6) is 34.5 Å². The van der Waals surface area contributed by atoms with E-state index in [1.165, 1.54) is 0 Å². The summed E-state index contributed by atoms with van der Waals surface area (Å²) in [6.07, 6.45) is 7.69. The lowest BCUT2D eigenvalue weighted by atomic mass is 9.81. The maximum Gasteiger partial charge on any atom is 0.307 e. The zero-order valence-corrected chi connectivity index (χ0v) is 64.8. The summed E-state index contributed by atoms with van der Waals surface area (Å²) < 4.78 is 79.5. The molecule has 0 aromatic heterocycles. The Labute approximate surface area is 637 Å². The summed E-state index contributed by atoms with van der Waals surface area (Å²) in [7, 11) is 2.44. The third-order valence-corrected chi connectivity index (χ3v) is 28.4. The molecule has 2 unspecified atom stereocenters. The Hall–Kier alpha value is -10.8. The van der Waals surface area contributed by atoms with E-state index in [1.807, 2.05) is 158 Å². The van der Waals surface area contributed by atoms with Gasteiger partial charge in [-0.2, -0.15) is 0 Å². The molecule has 0 N–H and O–H groups in total. The van der Waals surface area contributed by atoms with Crippen LogP contribution in [0.15, 0.2) is 206 Å². The van der Waals surface area contributed by atoms with Crippen molar-refractivity contribution in [3.05, 3.63) is 262 Å². The normalized spacial score (nSPS) is 15.2. The fourth-order valence-electron chi connectivity index (χ4n) is 15.7. The van der Waals surface area contributed by atoms with E-state index in [4.69, 9.17) is 61.0 Å². The fraction of sp³-hybridized carbons (Fsp3) is 0.289. The number of rotatable bonds is 32. The van der Waals surface area contributed by atoms with Gasteiger partial charge in [-0.3, -0.25) is 19.2 Å². The van der Waals surface area contributed by atoms with Gasteiger partial charge in [0.25, 0.3) is 0 Å². The van der Waals surface area contributed by atoms with Crippen molar-refractivity contribution in [2.24, 2.45) is 0 Å². The minimum Gasteiger partial charge on any atom is -0.497 e. The Morgan fingerprint density at radius 2 is 0.697 bits per heavy atom. The topological polar surface area (TPSA) is 188 Å². The lowest BCUT2D eigenvalue weighted by molar-refractivity contribution is -0.153. The SMILES string of the molecule is COc1ccc(C2(c3ccc(OC)cc3)C=Cc3c4c(c5ccccc5c3O2)-c2ccccc2C4OC(=O)CCC(=O)OCCOCCC[Si](C)(C)O[Si](C)(C)CCCOCCOC(=O)CCC(=O)OC2c3ccccc3-c3c2c2c(c4ccccc34)OC(c3ccc(OC)cc3)(c3ccc(OC)cc3)C=C2)cc1. The van der Waals surface area contributed by atoms with Gasteiger partial charge in [0.1, 0.15) is 47.7 Å². The largest absolute Gasteiger partial charge is 0.497 e. The highest BCUT2D eigenvalue weighted by Gasteiger charge is 2.46. The highest BCUT2D eigenvalue weighted by atomic mass is 28.4.